The van der Waals surface area contributed by atoms with Gasteiger partial charge in [-0.1, -0.05) is 36.4 Å². The monoisotopic (exact) mass is 462 g/mol. The van der Waals surface area contributed by atoms with Crippen LogP contribution in [0.25, 0.3) is 6.08 Å². The van der Waals surface area contributed by atoms with E-state index in [9.17, 15) is 24.8 Å². The Labute approximate surface area is 195 Å². The van der Waals surface area contributed by atoms with Gasteiger partial charge in [-0.25, -0.2) is 4.79 Å². The first-order chi connectivity index (χ1) is 16.4. The summed E-state index contributed by atoms with van der Waals surface area (Å²) < 4.78 is 11.4. The average molecular weight is 462 g/mol. The van der Waals surface area contributed by atoms with Crippen molar-refractivity contribution in [2.24, 2.45) is 0 Å². The zero-order valence-electron chi connectivity index (χ0n) is 18.3. The second-order valence-corrected chi connectivity index (χ2v) is 7.04. The van der Waals surface area contributed by atoms with Crippen molar-refractivity contribution in [1.82, 2.24) is 5.32 Å². The lowest BCUT2D eigenvalue weighted by molar-refractivity contribution is -0.384. The molecule has 34 heavy (non-hydrogen) atoms. The maximum Gasteiger partial charge on any atom is 0.352 e. The van der Waals surface area contributed by atoms with Crippen molar-refractivity contribution >= 4 is 23.6 Å². The van der Waals surface area contributed by atoms with Gasteiger partial charge >= 0.3 is 5.97 Å². The zero-order chi connectivity index (χ0) is 24.5. The molecule has 0 radical (unpaired) electrons. The molecule has 0 unspecified atom stereocenters. The van der Waals surface area contributed by atoms with Crippen LogP contribution >= 0.6 is 0 Å². The Kier molecular flexibility index (Phi) is 7.96. The number of carbonyl (C=O) groups excluding carboxylic acids is 1. The SMILES string of the molecule is CCOc1cc(C=C(NC(=O)c2ccccc2)C(=O)O)ccc1OCc1cccc([N+](=O)[O-])c1. The highest BCUT2D eigenvalue weighted by Gasteiger charge is 2.15. The van der Waals surface area contributed by atoms with Crippen molar-refractivity contribution < 1.29 is 29.1 Å². The molecule has 3 rings (SSSR count). The van der Waals surface area contributed by atoms with Crippen molar-refractivity contribution in [2.45, 2.75) is 13.5 Å². The van der Waals surface area contributed by atoms with Gasteiger partial charge in [0.25, 0.3) is 11.6 Å². The van der Waals surface area contributed by atoms with Crippen LogP contribution in [0.1, 0.15) is 28.4 Å². The van der Waals surface area contributed by atoms with Crippen LogP contribution in [0.15, 0.2) is 78.5 Å². The van der Waals surface area contributed by atoms with Crippen LogP contribution in [0.3, 0.4) is 0 Å². The predicted molar refractivity (Wildman–Crippen MR) is 125 cm³/mol. The minimum Gasteiger partial charge on any atom is -0.490 e. The van der Waals surface area contributed by atoms with Gasteiger partial charge in [-0.2, -0.15) is 0 Å². The highest BCUT2D eigenvalue weighted by molar-refractivity contribution is 6.02. The molecule has 0 atom stereocenters. The van der Waals surface area contributed by atoms with Gasteiger partial charge in [-0.05, 0) is 48.4 Å². The molecule has 0 spiro atoms. The van der Waals surface area contributed by atoms with E-state index in [0.29, 0.717) is 34.8 Å². The Morgan fingerprint density at radius 2 is 1.76 bits per heavy atom. The fourth-order valence-electron chi connectivity index (χ4n) is 3.02. The number of ether oxygens (including phenoxy) is 2. The Morgan fingerprint density at radius 3 is 2.44 bits per heavy atom. The molecule has 0 bridgehead atoms. The lowest BCUT2D eigenvalue weighted by Crippen LogP contribution is -2.27. The normalized spacial score (nSPS) is 10.9. The summed E-state index contributed by atoms with van der Waals surface area (Å²) in [5, 5.41) is 22.9. The fourth-order valence-corrected chi connectivity index (χ4v) is 3.02. The number of hydrogen-bond acceptors (Lipinski definition) is 6. The number of carboxylic acids is 1. The summed E-state index contributed by atoms with van der Waals surface area (Å²) in [6, 6.07) is 19.2. The Bertz CT molecular complexity index is 1220. The Hall–Kier alpha value is -4.66. The van der Waals surface area contributed by atoms with Crippen molar-refractivity contribution in [3.8, 4) is 11.5 Å². The molecule has 3 aromatic carbocycles. The number of nitrogens with one attached hydrogen (secondary N) is 1. The molecule has 0 aliphatic rings. The van der Waals surface area contributed by atoms with Crippen molar-refractivity contribution in [3.63, 3.8) is 0 Å². The largest absolute Gasteiger partial charge is 0.490 e. The number of benzene rings is 3. The minimum absolute atomic E-state index is 0.0367. The van der Waals surface area contributed by atoms with E-state index in [1.165, 1.54) is 18.2 Å². The third-order valence-electron chi connectivity index (χ3n) is 4.61. The summed E-state index contributed by atoms with van der Waals surface area (Å²) in [4.78, 5) is 34.5. The molecule has 0 fully saturated rings. The molecule has 0 aliphatic heterocycles. The van der Waals surface area contributed by atoms with Gasteiger partial charge in [0.15, 0.2) is 11.5 Å². The van der Waals surface area contributed by atoms with Gasteiger partial charge in [-0.15, -0.1) is 0 Å². The van der Waals surface area contributed by atoms with E-state index in [1.54, 1.807) is 67.6 Å². The molecular formula is C25H22N2O7. The summed E-state index contributed by atoms with van der Waals surface area (Å²) >= 11 is 0. The number of carboxylic acid groups (broad SMARTS) is 1. The number of carbonyl (C=O) groups is 2. The van der Waals surface area contributed by atoms with E-state index in [-0.39, 0.29) is 18.0 Å². The maximum absolute atomic E-state index is 12.4. The van der Waals surface area contributed by atoms with Crippen LogP contribution in [0.5, 0.6) is 11.5 Å². The standard InChI is InChI=1S/C25H22N2O7/c1-2-33-23-15-17(14-21(25(29)30)26-24(28)19-8-4-3-5-9-19)11-12-22(23)34-16-18-7-6-10-20(13-18)27(31)32/h3-15H,2,16H2,1H3,(H,26,28)(H,29,30). The molecule has 9 heteroatoms. The molecule has 1 amide bonds. The third kappa shape index (κ3) is 6.42. The molecule has 0 saturated carbocycles. The van der Waals surface area contributed by atoms with Crippen molar-refractivity contribution in [3.05, 3.63) is 105 Å². The molecule has 0 aliphatic carbocycles. The number of hydrogen-bond donors (Lipinski definition) is 2. The smallest absolute Gasteiger partial charge is 0.352 e. The van der Waals surface area contributed by atoms with Crippen LogP contribution in [-0.2, 0) is 11.4 Å². The summed E-state index contributed by atoms with van der Waals surface area (Å²) in [7, 11) is 0. The van der Waals surface area contributed by atoms with Crippen molar-refractivity contribution in [1.29, 1.82) is 0 Å². The molecular weight excluding hydrogens is 440 g/mol. The quantitative estimate of drug-likeness (QED) is 0.259. The van der Waals surface area contributed by atoms with Crippen LogP contribution in [0.4, 0.5) is 5.69 Å². The van der Waals surface area contributed by atoms with Gasteiger partial charge in [0.05, 0.1) is 11.5 Å². The van der Waals surface area contributed by atoms with Crippen molar-refractivity contribution in [2.75, 3.05) is 6.61 Å². The zero-order valence-corrected chi connectivity index (χ0v) is 18.3. The number of non-ortho nitro benzene ring substituents is 1. The topological polar surface area (TPSA) is 128 Å². The van der Waals surface area contributed by atoms with E-state index < -0.39 is 16.8 Å². The highest BCUT2D eigenvalue weighted by Crippen LogP contribution is 2.30. The number of nitro benzene ring substituents is 1. The van der Waals surface area contributed by atoms with Gasteiger partial charge in [0, 0.05) is 17.7 Å². The minimum atomic E-state index is -1.30. The second-order valence-electron chi connectivity index (χ2n) is 7.04. The van der Waals surface area contributed by atoms with Crippen LogP contribution in [0.2, 0.25) is 0 Å². The Morgan fingerprint density at radius 1 is 1.00 bits per heavy atom. The fraction of sp³-hybridized carbons (Fsp3) is 0.120. The van der Waals surface area contributed by atoms with Gasteiger partial charge in [0.1, 0.15) is 12.3 Å². The summed E-state index contributed by atoms with van der Waals surface area (Å²) in [5.41, 5.74) is 1.07. The first-order valence-corrected chi connectivity index (χ1v) is 10.3. The molecule has 9 nitrogen and oxygen atoms in total. The lowest BCUT2D eigenvalue weighted by atomic mass is 10.1. The maximum atomic E-state index is 12.4. The average Bonchev–Trinajstić information content (AvgIpc) is 2.84. The van der Waals surface area contributed by atoms with E-state index in [2.05, 4.69) is 5.32 Å². The molecule has 0 aromatic heterocycles. The molecule has 0 heterocycles. The number of nitrogens with zero attached hydrogens (tertiary/aromatic N) is 1. The first kappa shape index (κ1) is 24.0. The van der Waals surface area contributed by atoms with Gasteiger partial charge in [0.2, 0.25) is 0 Å². The summed E-state index contributed by atoms with van der Waals surface area (Å²) in [6.07, 6.45) is 1.32. The molecule has 0 saturated heterocycles. The Balaban J connectivity index is 1.80. The highest BCUT2D eigenvalue weighted by atomic mass is 16.6. The number of aliphatic carboxylic acids is 1. The van der Waals surface area contributed by atoms with E-state index >= 15 is 0 Å². The van der Waals surface area contributed by atoms with Crippen LogP contribution in [-0.4, -0.2) is 28.5 Å². The van der Waals surface area contributed by atoms with Gasteiger partial charge < -0.3 is 19.9 Å². The number of rotatable bonds is 10. The van der Waals surface area contributed by atoms with E-state index in [1.807, 2.05) is 0 Å². The predicted octanol–water partition coefficient (Wildman–Crippen LogP) is 4.43. The molecule has 2 N–H and O–H groups in total. The summed E-state index contributed by atoms with van der Waals surface area (Å²) in [6.45, 7) is 2.19. The molecule has 174 valence electrons. The summed E-state index contributed by atoms with van der Waals surface area (Å²) in [5.74, 6) is -1.10. The lowest BCUT2D eigenvalue weighted by Gasteiger charge is -2.13. The van der Waals surface area contributed by atoms with E-state index in [4.69, 9.17) is 9.47 Å². The first-order valence-electron chi connectivity index (χ1n) is 10.3. The molecule has 3 aromatic rings. The third-order valence-corrected chi connectivity index (χ3v) is 4.61. The van der Waals surface area contributed by atoms with E-state index in [0.717, 1.165) is 0 Å². The second kappa shape index (κ2) is 11.3. The number of nitro groups is 1. The number of amides is 1. The van der Waals surface area contributed by atoms with Crippen LogP contribution < -0.4 is 14.8 Å². The van der Waals surface area contributed by atoms with Gasteiger partial charge in [-0.3, -0.25) is 14.9 Å². The van der Waals surface area contributed by atoms with Crippen LogP contribution in [0, 0.1) is 10.1 Å².